The number of ether oxygens (including phenoxy) is 2. The summed E-state index contributed by atoms with van der Waals surface area (Å²) in [6, 6.07) is 3.62. The Labute approximate surface area is 100 Å². The normalized spacial score (nSPS) is 10.4. The number of halogens is 1. The number of rotatable bonds is 7. The van der Waals surface area contributed by atoms with Crippen molar-refractivity contribution in [1.82, 2.24) is 0 Å². The van der Waals surface area contributed by atoms with Crippen LogP contribution in [0.25, 0.3) is 0 Å². The minimum absolute atomic E-state index is 0.0643. The van der Waals surface area contributed by atoms with Crippen LogP contribution in [0.3, 0.4) is 0 Å². The van der Waals surface area contributed by atoms with Crippen molar-refractivity contribution in [1.29, 1.82) is 0 Å². The van der Waals surface area contributed by atoms with Crippen molar-refractivity contribution in [3.05, 3.63) is 24.0 Å². The Bertz CT molecular complexity index is 346. The lowest BCUT2D eigenvalue weighted by Crippen LogP contribution is -2.30. The first-order valence-corrected chi connectivity index (χ1v) is 5.50. The van der Waals surface area contributed by atoms with E-state index in [1.807, 2.05) is 6.92 Å². The highest BCUT2D eigenvalue weighted by Crippen LogP contribution is 2.10. The quantitative estimate of drug-likeness (QED) is 0.533. The molecule has 17 heavy (non-hydrogen) atoms. The molecule has 0 aliphatic carbocycles. The SMILES string of the molecule is CCCOCCOc1cc(F)cc(B(O)O)c1. The van der Waals surface area contributed by atoms with Gasteiger partial charge < -0.3 is 19.5 Å². The van der Waals surface area contributed by atoms with E-state index < -0.39 is 12.9 Å². The highest BCUT2D eigenvalue weighted by atomic mass is 19.1. The Hall–Kier alpha value is -1.11. The average molecular weight is 242 g/mol. The predicted octanol–water partition coefficient (Wildman–Crippen LogP) is 0.311. The molecule has 0 spiro atoms. The van der Waals surface area contributed by atoms with Crippen LogP contribution in [0.5, 0.6) is 5.75 Å². The van der Waals surface area contributed by atoms with Gasteiger partial charge in [-0.25, -0.2) is 4.39 Å². The third-order valence-corrected chi connectivity index (χ3v) is 2.04. The molecule has 1 rings (SSSR count). The van der Waals surface area contributed by atoms with Crippen molar-refractivity contribution >= 4 is 12.6 Å². The van der Waals surface area contributed by atoms with Crippen molar-refractivity contribution < 1.29 is 23.9 Å². The zero-order valence-electron chi connectivity index (χ0n) is 9.73. The van der Waals surface area contributed by atoms with E-state index >= 15 is 0 Å². The minimum atomic E-state index is -1.70. The molecule has 0 saturated carbocycles. The van der Waals surface area contributed by atoms with Gasteiger partial charge in [0.1, 0.15) is 18.2 Å². The van der Waals surface area contributed by atoms with Crippen molar-refractivity contribution in [3.63, 3.8) is 0 Å². The van der Waals surface area contributed by atoms with Crippen LogP contribution in [0, 0.1) is 5.82 Å². The maximum absolute atomic E-state index is 13.1. The van der Waals surface area contributed by atoms with Gasteiger partial charge in [-0.05, 0) is 24.0 Å². The van der Waals surface area contributed by atoms with Crippen molar-refractivity contribution in [2.24, 2.45) is 0 Å². The molecule has 0 aromatic heterocycles. The largest absolute Gasteiger partial charge is 0.491 e. The van der Waals surface area contributed by atoms with Gasteiger partial charge in [0.25, 0.3) is 0 Å². The Morgan fingerprint density at radius 2 is 1.94 bits per heavy atom. The Kier molecular flexibility index (Phi) is 5.97. The van der Waals surface area contributed by atoms with Crippen LogP contribution in [0.2, 0.25) is 0 Å². The molecule has 0 aliphatic rings. The molecule has 2 N–H and O–H groups in total. The summed E-state index contributed by atoms with van der Waals surface area (Å²) in [7, 11) is -1.70. The smallest absolute Gasteiger partial charge is 0.488 e. The van der Waals surface area contributed by atoms with E-state index in [4.69, 9.17) is 19.5 Å². The molecule has 0 atom stereocenters. The third kappa shape index (κ3) is 5.17. The molecule has 1 aromatic carbocycles. The van der Waals surface area contributed by atoms with Crippen molar-refractivity contribution in [2.75, 3.05) is 19.8 Å². The second-order valence-electron chi connectivity index (χ2n) is 3.55. The van der Waals surface area contributed by atoms with Gasteiger partial charge in [0, 0.05) is 12.7 Å². The molecule has 0 aliphatic heterocycles. The number of hydrogen-bond donors (Lipinski definition) is 2. The molecule has 4 nitrogen and oxygen atoms in total. The van der Waals surface area contributed by atoms with E-state index in [2.05, 4.69) is 0 Å². The molecule has 0 amide bonds. The van der Waals surface area contributed by atoms with E-state index in [9.17, 15) is 4.39 Å². The topological polar surface area (TPSA) is 58.9 Å². The zero-order valence-corrected chi connectivity index (χ0v) is 9.73. The van der Waals surface area contributed by atoms with E-state index in [1.165, 1.54) is 12.1 Å². The summed E-state index contributed by atoms with van der Waals surface area (Å²) in [5.74, 6) is -0.312. The Morgan fingerprint density at radius 3 is 2.59 bits per heavy atom. The summed E-state index contributed by atoms with van der Waals surface area (Å²) in [6.45, 7) is 3.38. The van der Waals surface area contributed by atoms with Gasteiger partial charge in [-0.1, -0.05) is 6.92 Å². The highest BCUT2D eigenvalue weighted by Gasteiger charge is 2.13. The van der Waals surface area contributed by atoms with E-state index in [-0.39, 0.29) is 11.2 Å². The van der Waals surface area contributed by atoms with Crippen molar-refractivity contribution in [2.45, 2.75) is 13.3 Å². The van der Waals surface area contributed by atoms with Crippen LogP contribution in [0.4, 0.5) is 4.39 Å². The Balaban J connectivity index is 2.47. The first-order chi connectivity index (χ1) is 8.13. The standard InChI is InChI=1S/C11H16BFO4/c1-2-3-16-4-5-17-11-7-9(12(14)15)6-10(13)8-11/h6-8,14-15H,2-5H2,1H3. The summed E-state index contributed by atoms with van der Waals surface area (Å²) in [5.41, 5.74) is 0.0643. The van der Waals surface area contributed by atoms with E-state index in [1.54, 1.807) is 0 Å². The monoisotopic (exact) mass is 242 g/mol. The van der Waals surface area contributed by atoms with Crippen LogP contribution in [-0.4, -0.2) is 37.0 Å². The summed E-state index contributed by atoms with van der Waals surface area (Å²) in [5, 5.41) is 17.8. The fraction of sp³-hybridized carbons (Fsp3) is 0.455. The highest BCUT2D eigenvalue weighted by molar-refractivity contribution is 6.58. The van der Waals surface area contributed by atoms with Gasteiger partial charge in [0.2, 0.25) is 0 Å². The van der Waals surface area contributed by atoms with Gasteiger partial charge in [-0.3, -0.25) is 0 Å². The molecular formula is C11H16BFO4. The van der Waals surface area contributed by atoms with Gasteiger partial charge in [0.15, 0.2) is 0 Å². The van der Waals surface area contributed by atoms with E-state index in [0.717, 1.165) is 12.5 Å². The Morgan fingerprint density at radius 1 is 1.18 bits per heavy atom. The molecule has 0 saturated heterocycles. The summed E-state index contributed by atoms with van der Waals surface area (Å²) in [4.78, 5) is 0. The summed E-state index contributed by atoms with van der Waals surface area (Å²) < 4.78 is 23.5. The molecular weight excluding hydrogens is 226 g/mol. The molecule has 0 unspecified atom stereocenters. The molecule has 0 heterocycles. The minimum Gasteiger partial charge on any atom is -0.491 e. The first kappa shape index (κ1) is 14.0. The number of hydrogen-bond acceptors (Lipinski definition) is 4. The summed E-state index contributed by atoms with van der Waals surface area (Å²) >= 11 is 0. The van der Waals surface area contributed by atoms with Gasteiger partial charge >= 0.3 is 7.12 Å². The molecule has 0 fully saturated rings. The maximum atomic E-state index is 13.1. The molecule has 1 aromatic rings. The second-order valence-corrected chi connectivity index (χ2v) is 3.55. The molecule has 0 radical (unpaired) electrons. The van der Waals surface area contributed by atoms with Crippen LogP contribution in [-0.2, 0) is 4.74 Å². The molecule has 0 bridgehead atoms. The molecule has 94 valence electrons. The first-order valence-electron chi connectivity index (χ1n) is 5.50. The van der Waals surface area contributed by atoms with Crippen LogP contribution in [0.1, 0.15) is 13.3 Å². The average Bonchev–Trinajstić information content (AvgIpc) is 2.28. The van der Waals surface area contributed by atoms with Crippen LogP contribution >= 0.6 is 0 Å². The summed E-state index contributed by atoms with van der Waals surface area (Å²) in [6.07, 6.45) is 0.931. The molecule has 6 heteroatoms. The van der Waals surface area contributed by atoms with Crippen LogP contribution in [0.15, 0.2) is 18.2 Å². The zero-order chi connectivity index (χ0) is 12.7. The van der Waals surface area contributed by atoms with Crippen molar-refractivity contribution in [3.8, 4) is 5.75 Å². The predicted molar refractivity (Wildman–Crippen MR) is 62.8 cm³/mol. The fourth-order valence-corrected chi connectivity index (χ4v) is 1.28. The van der Waals surface area contributed by atoms with Crippen LogP contribution < -0.4 is 10.2 Å². The number of benzene rings is 1. The van der Waals surface area contributed by atoms with Gasteiger partial charge in [-0.15, -0.1) is 0 Å². The third-order valence-electron chi connectivity index (χ3n) is 2.04. The van der Waals surface area contributed by atoms with Gasteiger partial charge in [-0.2, -0.15) is 0 Å². The lowest BCUT2D eigenvalue weighted by molar-refractivity contribution is 0.101. The second kappa shape index (κ2) is 7.27. The lowest BCUT2D eigenvalue weighted by atomic mass is 9.80. The van der Waals surface area contributed by atoms with E-state index in [0.29, 0.717) is 19.8 Å². The fourth-order valence-electron chi connectivity index (χ4n) is 1.28. The maximum Gasteiger partial charge on any atom is 0.488 e. The van der Waals surface area contributed by atoms with Gasteiger partial charge in [0.05, 0.1) is 6.61 Å². The lowest BCUT2D eigenvalue weighted by Gasteiger charge is -2.08.